The van der Waals surface area contributed by atoms with Gasteiger partial charge in [0.2, 0.25) is 0 Å². The molecule has 2 heterocycles. The fourth-order valence-electron chi connectivity index (χ4n) is 2.19. The highest BCUT2D eigenvalue weighted by atomic mass is 32.1. The molecule has 2 rings (SSSR count). The molecule has 0 amide bonds. The average Bonchev–Trinajstić information content (AvgIpc) is 2.79. The molecule has 3 N–H and O–H groups in total. The minimum absolute atomic E-state index is 0.229. The molecule has 0 aliphatic rings. The van der Waals surface area contributed by atoms with Crippen molar-refractivity contribution >= 4 is 34.4 Å². The van der Waals surface area contributed by atoms with Gasteiger partial charge in [0, 0.05) is 22.2 Å². The van der Waals surface area contributed by atoms with Gasteiger partial charge in [-0.3, -0.25) is 0 Å². The monoisotopic (exact) mass is 320 g/mol. The van der Waals surface area contributed by atoms with Crippen LogP contribution in [0, 0.1) is 20.8 Å². The first kappa shape index (κ1) is 15.9. The van der Waals surface area contributed by atoms with E-state index in [-0.39, 0.29) is 6.04 Å². The molecule has 0 spiro atoms. The van der Waals surface area contributed by atoms with Crippen molar-refractivity contribution in [2.24, 2.45) is 5.73 Å². The second kappa shape index (κ2) is 6.49. The van der Waals surface area contributed by atoms with E-state index in [1.807, 2.05) is 25.2 Å². The Balaban J connectivity index is 2.19. The molecule has 21 heavy (non-hydrogen) atoms. The number of hydrogen-bond donors (Lipinski definition) is 2. The average molecular weight is 320 g/mol. The Labute approximate surface area is 134 Å². The Bertz CT molecular complexity index is 664. The number of aromatic nitrogens is 2. The molecule has 0 saturated carbocycles. The third-order valence-electron chi connectivity index (χ3n) is 3.39. The normalized spacial score (nSPS) is 12.2. The van der Waals surface area contributed by atoms with E-state index in [4.69, 9.17) is 18.0 Å². The predicted octanol–water partition coefficient (Wildman–Crippen LogP) is 3.14. The molecule has 0 aliphatic heterocycles. The van der Waals surface area contributed by atoms with Gasteiger partial charge in [0.05, 0.1) is 11.3 Å². The Kier molecular flexibility index (Phi) is 4.90. The van der Waals surface area contributed by atoms with Gasteiger partial charge in [-0.15, -0.1) is 16.4 Å². The number of nitrogens with two attached hydrogens (primary N) is 1. The van der Waals surface area contributed by atoms with E-state index in [0.717, 1.165) is 23.2 Å². The van der Waals surface area contributed by atoms with Crippen molar-refractivity contribution in [1.82, 2.24) is 10.2 Å². The molecule has 4 nitrogen and oxygen atoms in total. The third kappa shape index (κ3) is 3.77. The number of hydrogen-bond acceptors (Lipinski definition) is 5. The summed E-state index contributed by atoms with van der Waals surface area (Å²) >= 11 is 6.97. The van der Waals surface area contributed by atoms with Crippen LogP contribution in [0.25, 0.3) is 0 Å². The van der Waals surface area contributed by atoms with Crippen molar-refractivity contribution in [3.63, 3.8) is 0 Å². The van der Waals surface area contributed by atoms with Crippen LogP contribution in [0.1, 0.15) is 33.5 Å². The van der Waals surface area contributed by atoms with E-state index in [9.17, 15) is 0 Å². The fraction of sp³-hybridized carbons (Fsp3) is 0.400. The molecule has 6 heteroatoms. The number of aryl methyl sites for hydroxylation is 2. The van der Waals surface area contributed by atoms with Crippen molar-refractivity contribution < 1.29 is 0 Å². The van der Waals surface area contributed by atoms with Crippen molar-refractivity contribution in [2.45, 2.75) is 40.2 Å². The summed E-state index contributed by atoms with van der Waals surface area (Å²) in [5, 5.41) is 11.8. The molecule has 0 aromatic carbocycles. The molecule has 112 valence electrons. The van der Waals surface area contributed by atoms with E-state index in [0.29, 0.717) is 10.8 Å². The molecule has 0 radical (unpaired) electrons. The van der Waals surface area contributed by atoms with Crippen LogP contribution < -0.4 is 11.1 Å². The summed E-state index contributed by atoms with van der Waals surface area (Å²) in [5.74, 6) is 0.673. The van der Waals surface area contributed by atoms with Crippen LogP contribution in [-0.2, 0) is 6.42 Å². The van der Waals surface area contributed by atoms with Crippen LogP contribution in [0.5, 0.6) is 0 Å². The summed E-state index contributed by atoms with van der Waals surface area (Å²) in [7, 11) is 0. The van der Waals surface area contributed by atoms with Gasteiger partial charge in [0.1, 0.15) is 4.99 Å². The lowest BCUT2D eigenvalue weighted by atomic mass is 10.1. The molecule has 0 saturated heterocycles. The van der Waals surface area contributed by atoms with Crippen LogP contribution in [-0.4, -0.2) is 21.2 Å². The van der Waals surface area contributed by atoms with Gasteiger partial charge in [-0.25, -0.2) is 0 Å². The van der Waals surface area contributed by atoms with E-state index < -0.39 is 0 Å². The van der Waals surface area contributed by atoms with Gasteiger partial charge in [0.15, 0.2) is 5.82 Å². The van der Waals surface area contributed by atoms with Gasteiger partial charge < -0.3 is 11.1 Å². The molecule has 0 bridgehead atoms. The maximum absolute atomic E-state index is 5.84. The highest BCUT2D eigenvalue weighted by Crippen LogP contribution is 2.21. The number of nitrogens with one attached hydrogen (secondary N) is 1. The van der Waals surface area contributed by atoms with Crippen molar-refractivity contribution in [3.8, 4) is 0 Å². The Morgan fingerprint density at radius 3 is 2.62 bits per heavy atom. The minimum Gasteiger partial charge on any atom is -0.389 e. The summed E-state index contributed by atoms with van der Waals surface area (Å²) in [6, 6.07) is 4.54. The summed E-state index contributed by atoms with van der Waals surface area (Å²) < 4.78 is 0. The lowest BCUT2D eigenvalue weighted by Gasteiger charge is -2.17. The van der Waals surface area contributed by atoms with Gasteiger partial charge in [-0.05, 0) is 45.4 Å². The summed E-state index contributed by atoms with van der Waals surface area (Å²) in [6.45, 7) is 8.12. The third-order valence-corrected chi connectivity index (χ3v) is 4.61. The number of thiocarbonyl (C=S) groups is 1. The quantitative estimate of drug-likeness (QED) is 0.829. The molecular weight excluding hydrogens is 300 g/mol. The highest BCUT2D eigenvalue weighted by Gasteiger charge is 2.15. The number of nitrogens with zero attached hydrogens (tertiary/aromatic N) is 2. The Hall–Kier alpha value is -1.53. The number of thiophene rings is 1. The number of rotatable bonds is 5. The van der Waals surface area contributed by atoms with Gasteiger partial charge >= 0.3 is 0 Å². The van der Waals surface area contributed by atoms with Gasteiger partial charge in [-0.2, -0.15) is 5.10 Å². The Morgan fingerprint density at radius 1 is 1.33 bits per heavy atom. The van der Waals surface area contributed by atoms with E-state index in [1.54, 1.807) is 0 Å². The zero-order valence-corrected chi connectivity index (χ0v) is 14.4. The fourth-order valence-corrected chi connectivity index (χ4v) is 3.46. The second-order valence-corrected chi connectivity index (χ2v) is 7.07. The van der Waals surface area contributed by atoms with Crippen molar-refractivity contribution in [1.29, 1.82) is 0 Å². The first-order valence-electron chi connectivity index (χ1n) is 6.84. The predicted molar refractivity (Wildman–Crippen MR) is 93.2 cm³/mol. The standard InChI is InChI=1S/C15H20N4S2/c1-8(7-12-6-5-9(2)21-12)17-15-13(14(16)20)10(3)11(4)18-19-15/h5-6,8H,7H2,1-4H3,(H2,16,20)(H,17,19). The van der Waals surface area contributed by atoms with Crippen molar-refractivity contribution in [3.05, 3.63) is 38.7 Å². The molecule has 0 aliphatic carbocycles. The van der Waals surface area contributed by atoms with Crippen molar-refractivity contribution in [2.75, 3.05) is 5.32 Å². The molecule has 0 fully saturated rings. The molecule has 1 unspecified atom stereocenters. The topological polar surface area (TPSA) is 63.8 Å². The summed E-state index contributed by atoms with van der Waals surface area (Å²) in [4.78, 5) is 3.03. The Morgan fingerprint density at radius 2 is 2.05 bits per heavy atom. The maximum atomic E-state index is 5.84. The summed E-state index contributed by atoms with van der Waals surface area (Å²) in [6.07, 6.45) is 0.934. The molecule has 1 atom stereocenters. The van der Waals surface area contributed by atoms with Crippen LogP contribution in [0.2, 0.25) is 0 Å². The lowest BCUT2D eigenvalue weighted by Crippen LogP contribution is -2.24. The molecule has 2 aromatic heterocycles. The maximum Gasteiger partial charge on any atom is 0.159 e. The van der Waals surface area contributed by atoms with Gasteiger partial charge in [0.25, 0.3) is 0 Å². The first-order valence-corrected chi connectivity index (χ1v) is 8.06. The van der Waals surface area contributed by atoms with E-state index >= 15 is 0 Å². The van der Waals surface area contributed by atoms with Crippen LogP contribution in [0.4, 0.5) is 5.82 Å². The van der Waals surface area contributed by atoms with Crippen LogP contribution in [0.3, 0.4) is 0 Å². The van der Waals surface area contributed by atoms with E-state index in [1.165, 1.54) is 9.75 Å². The SMILES string of the molecule is Cc1ccc(CC(C)Nc2nnc(C)c(C)c2C(N)=S)s1. The second-order valence-electron chi connectivity index (χ2n) is 5.26. The molecular formula is C15H20N4S2. The summed E-state index contributed by atoms with van der Waals surface area (Å²) in [5.41, 5.74) is 8.48. The molecule has 2 aromatic rings. The van der Waals surface area contributed by atoms with Gasteiger partial charge in [-0.1, -0.05) is 12.2 Å². The smallest absolute Gasteiger partial charge is 0.159 e. The highest BCUT2D eigenvalue weighted by molar-refractivity contribution is 7.80. The zero-order chi connectivity index (χ0) is 15.6. The van der Waals surface area contributed by atoms with E-state index in [2.05, 4.69) is 41.5 Å². The van der Waals surface area contributed by atoms with Crippen LogP contribution >= 0.6 is 23.6 Å². The minimum atomic E-state index is 0.229. The zero-order valence-electron chi connectivity index (χ0n) is 12.7. The van der Waals surface area contributed by atoms with Crippen LogP contribution in [0.15, 0.2) is 12.1 Å². The lowest BCUT2D eigenvalue weighted by molar-refractivity contribution is 0.784. The first-order chi connectivity index (χ1) is 9.88. The number of anilines is 1. The largest absolute Gasteiger partial charge is 0.389 e.